The molecule has 0 N–H and O–H groups in total. The number of nitrogens with zero attached hydrogens (tertiary/aromatic N) is 2. The van der Waals surface area contributed by atoms with Gasteiger partial charge in [0.15, 0.2) is 4.84 Å². The summed E-state index contributed by atoms with van der Waals surface area (Å²) in [6, 6.07) is 13.4. The average molecular weight is 425 g/mol. The van der Waals surface area contributed by atoms with E-state index in [4.69, 9.17) is 27.6 Å². The molecule has 0 spiro atoms. The summed E-state index contributed by atoms with van der Waals surface area (Å²) >= 11 is 11.6. The fourth-order valence-corrected chi connectivity index (χ4v) is 3.08. The van der Waals surface area contributed by atoms with Gasteiger partial charge < -0.3 is 14.2 Å². The maximum Gasteiger partial charge on any atom is 0.256 e. The number of amides is 2. The SMILES string of the molecule is CCC(C)N(CC(=O)N(CCc1ccccc1)Cc1ccco1)C(=O)C(Cl)Cl. The Kier molecular flexibility index (Phi) is 8.87. The first kappa shape index (κ1) is 22.3. The third kappa shape index (κ3) is 6.57. The van der Waals surface area contributed by atoms with Crippen LogP contribution in [0.3, 0.4) is 0 Å². The predicted molar refractivity (Wildman–Crippen MR) is 111 cm³/mol. The summed E-state index contributed by atoms with van der Waals surface area (Å²) in [6.45, 7) is 4.61. The summed E-state index contributed by atoms with van der Waals surface area (Å²) < 4.78 is 5.41. The number of rotatable bonds is 10. The summed E-state index contributed by atoms with van der Waals surface area (Å²) in [5.41, 5.74) is 1.14. The van der Waals surface area contributed by atoms with Crippen LogP contribution in [-0.4, -0.2) is 45.6 Å². The van der Waals surface area contributed by atoms with E-state index in [-0.39, 0.29) is 18.5 Å². The van der Waals surface area contributed by atoms with Gasteiger partial charge in [-0.05, 0) is 37.5 Å². The van der Waals surface area contributed by atoms with Gasteiger partial charge in [-0.2, -0.15) is 0 Å². The van der Waals surface area contributed by atoms with Gasteiger partial charge in [-0.15, -0.1) is 0 Å². The van der Waals surface area contributed by atoms with Crippen molar-refractivity contribution in [3.63, 3.8) is 0 Å². The molecule has 5 nitrogen and oxygen atoms in total. The number of hydrogen-bond acceptors (Lipinski definition) is 3. The molecule has 0 radical (unpaired) electrons. The highest BCUT2D eigenvalue weighted by Gasteiger charge is 2.28. The van der Waals surface area contributed by atoms with Gasteiger partial charge in [0.25, 0.3) is 5.91 Å². The monoisotopic (exact) mass is 424 g/mol. The van der Waals surface area contributed by atoms with Crippen molar-refractivity contribution in [3.8, 4) is 0 Å². The second-order valence-corrected chi connectivity index (χ2v) is 7.75. The Morgan fingerprint density at radius 3 is 2.39 bits per heavy atom. The maximum atomic E-state index is 13.1. The molecule has 0 saturated heterocycles. The van der Waals surface area contributed by atoms with E-state index in [1.807, 2.05) is 50.2 Å². The van der Waals surface area contributed by atoms with Crippen LogP contribution in [0.4, 0.5) is 0 Å². The summed E-state index contributed by atoms with van der Waals surface area (Å²) in [5.74, 6) is 0.0670. The highest BCUT2D eigenvalue weighted by molar-refractivity contribution is 6.53. The highest BCUT2D eigenvalue weighted by atomic mass is 35.5. The molecule has 2 amide bonds. The van der Waals surface area contributed by atoms with Crippen LogP contribution in [0, 0.1) is 0 Å². The predicted octanol–water partition coefficient (Wildman–Crippen LogP) is 4.28. The second kappa shape index (κ2) is 11.1. The number of alkyl halides is 2. The average Bonchev–Trinajstić information content (AvgIpc) is 3.21. The molecule has 0 aliphatic heterocycles. The molecule has 1 atom stereocenters. The lowest BCUT2D eigenvalue weighted by atomic mass is 10.1. The van der Waals surface area contributed by atoms with E-state index in [1.165, 1.54) is 4.90 Å². The van der Waals surface area contributed by atoms with Crippen LogP contribution in [0.2, 0.25) is 0 Å². The summed E-state index contributed by atoms with van der Waals surface area (Å²) in [5, 5.41) is 0. The van der Waals surface area contributed by atoms with Crippen molar-refractivity contribution < 1.29 is 14.0 Å². The van der Waals surface area contributed by atoms with Crippen molar-refractivity contribution in [2.24, 2.45) is 0 Å². The van der Waals surface area contributed by atoms with Crippen LogP contribution in [0.1, 0.15) is 31.6 Å². The molecule has 7 heteroatoms. The smallest absolute Gasteiger partial charge is 0.256 e. The maximum absolute atomic E-state index is 13.1. The molecule has 0 aliphatic rings. The standard InChI is InChI=1S/C21H26Cl2N2O3/c1-3-16(2)25(21(27)20(22)23)15-19(26)24(14-18-10-7-13-28-18)12-11-17-8-5-4-6-9-17/h4-10,13,16,20H,3,11-12,14-15H2,1-2H3. The molecule has 0 aliphatic carbocycles. The number of hydrogen-bond donors (Lipinski definition) is 0. The van der Waals surface area contributed by atoms with Gasteiger partial charge in [0.05, 0.1) is 12.8 Å². The van der Waals surface area contributed by atoms with Crippen LogP contribution in [-0.2, 0) is 22.6 Å². The molecule has 1 aromatic heterocycles. The van der Waals surface area contributed by atoms with E-state index in [0.29, 0.717) is 31.7 Å². The number of carbonyl (C=O) groups excluding carboxylic acids is 2. The van der Waals surface area contributed by atoms with E-state index in [1.54, 1.807) is 17.2 Å². The topological polar surface area (TPSA) is 53.8 Å². The summed E-state index contributed by atoms with van der Waals surface area (Å²) in [6.07, 6.45) is 2.98. The van der Waals surface area contributed by atoms with Gasteiger partial charge in [-0.1, -0.05) is 60.5 Å². The molecule has 1 aromatic carbocycles. The van der Waals surface area contributed by atoms with E-state index < -0.39 is 10.7 Å². The van der Waals surface area contributed by atoms with Crippen LogP contribution < -0.4 is 0 Å². The Morgan fingerprint density at radius 1 is 1.11 bits per heavy atom. The number of furan rings is 1. The van der Waals surface area contributed by atoms with Gasteiger partial charge in [-0.25, -0.2) is 0 Å². The number of benzene rings is 1. The van der Waals surface area contributed by atoms with Crippen LogP contribution in [0.5, 0.6) is 0 Å². The fraction of sp³-hybridized carbons (Fsp3) is 0.429. The van der Waals surface area contributed by atoms with Crippen molar-refractivity contribution >= 4 is 35.0 Å². The van der Waals surface area contributed by atoms with E-state index in [0.717, 1.165) is 5.56 Å². The molecule has 2 rings (SSSR count). The lowest BCUT2D eigenvalue weighted by Gasteiger charge is -2.31. The van der Waals surface area contributed by atoms with E-state index >= 15 is 0 Å². The normalized spacial score (nSPS) is 12.0. The van der Waals surface area contributed by atoms with Crippen LogP contribution >= 0.6 is 23.2 Å². The Balaban J connectivity index is 2.12. The summed E-state index contributed by atoms with van der Waals surface area (Å²) in [4.78, 5) is 27.4. The van der Waals surface area contributed by atoms with Crippen molar-refractivity contribution in [1.29, 1.82) is 0 Å². The summed E-state index contributed by atoms with van der Waals surface area (Å²) in [7, 11) is 0. The minimum Gasteiger partial charge on any atom is -0.467 e. The lowest BCUT2D eigenvalue weighted by Crippen LogP contribution is -2.48. The quantitative estimate of drug-likeness (QED) is 0.534. The van der Waals surface area contributed by atoms with Crippen LogP contribution in [0.15, 0.2) is 53.1 Å². The Morgan fingerprint density at radius 2 is 1.82 bits per heavy atom. The lowest BCUT2D eigenvalue weighted by molar-refractivity contribution is -0.141. The first-order valence-corrected chi connectivity index (χ1v) is 10.2. The third-order valence-corrected chi connectivity index (χ3v) is 5.06. The molecule has 28 heavy (non-hydrogen) atoms. The van der Waals surface area contributed by atoms with E-state index in [2.05, 4.69) is 0 Å². The fourth-order valence-electron chi connectivity index (χ4n) is 2.83. The van der Waals surface area contributed by atoms with Crippen molar-refractivity contribution in [2.45, 2.75) is 44.1 Å². The highest BCUT2D eigenvalue weighted by Crippen LogP contribution is 2.14. The minimum absolute atomic E-state index is 0.0702. The van der Waals surface area contributed by atoms with Gasteiger partial charge in [0.1, 0.15) is 12.3 Å². The molecule has 0 fully saturated rings. The Hall–Kier alpha value is -1.98. The molecular weight excluding hydrogens is 399 g/mol. The largest absolute Gasteiger partial charge is 0.467 e. The van der Waals surface area contributed by atoms with Crippen molar-refractivity contribution in [3.05, 3.63) is 60.1 Å². The first-order valence-electron chi connectivity index (χ1n) is 9.35. The third-order valence-electron chi connectivity index (χ3n) is 4.69. The molecular formula is C21H26Cl2N2O3. The molecule has 0 saturated carbocycles. The molecule has 152 valence electrons. The zero-order valence-electron chi connectivity index (χ0n) is 16.2. The molecule has 1 unspecified atom stereocenters. The van der Waals surface area contributed by atoms with Crippen molar-refractivity contribution in [2.75, 3.05) is 13.1 Å². The van der Waals surface area contributed by atoms with Crippen molar-refractivity contribution in [1.82, 2.24) is 9.80 Å². The van der Waals surface area contributed by atoms with Gasteiger partial charge in [0, 0.05) is 12.6 Å². The van der Waals surface area contributed by atoms with E-state index in [9.17, 15) is 9.59 Å². The molecule has 1 heterocycles. The first-order chi connectivity index (χ1) is 13.4. The van der Waals surface area contributed by atoms with Crippen LogP contribution in [0.25, 0.3) is 0 Å². The number of carbonyl (C=O) groups is 2. The van der Waals surface area contributed by atoms with Gasteiger partial charge >= 0.3 is 0 Å². The number of halogens is 2. The minimum atomic E-state index is -1.19. The zero-order valence-corrected chi connectivity index (χ0v) is 17.7. The molecule has 0 bridgehead atoms. The Labute approximate surface area is 176 Å². The molecule has 2 aromatic rings. The second-order valence-electron chi connectivity index (χ2n) is 6.65. The zero-order chi connectivity index (χ0) is 20.5. The van der Waals surface area contributed by atoms with Gasteiger partial charge in [0.2, 0.25) is 5.91 Å². The van der Waals surface area contributed by atoms with Gasteiger partial charge in [-0.3, -0.25) is 9.59 Å². The Bertz CT molecular complexity index is 735.